The van der Waals surface area contributed by atoms with Crippen LogP contribution in [0.15, 0.2) is 54.6 Å². The van der Waals surface area contributed by atoms with Crippen molar-refractivity contribution in [2.75, 3.05) is 0 Å². The molecule has 0 aliphatic rings. The lowest BCUT2D eigenvalue weighted by atomic mass is 10.0. The molecule has 0 spiro atoms. The van der Waals surface area contributed by atoms with E-state index in [0.717, 1.165) is 36.3 Å². The maximum absolute atomic E-state index is 11.4. The maximum Gasteiger partial charge on any atom is 0.320 e. The van der Waals surface area contributed by atoms with Gasteiger partial charge in [-0.1, -0.05) is 66.9 Å². The minimum Gasteiger partial charge on any atom is -0.480 e. The summed E-state index contributed by atoms with van der Waals surface area (Å²) in [6.07, 6.45) is 4.66. The van der Waals surface area contributed by atoms with Gasteiger partial charge in [0.05, 0.1) is 0 Å². The Bertz CT molecular complexity index is 613. The number of halogens is 1. The number of aryl methyl sites for hydroxylation is 1. The smallest absolute Gasteiger partial charge is 0.320 e. The van der Waals surface area contributed by atoms with Crippen molar-refractivity contribution < 1.29 is 9.90 Å². The van der Waals surface area contributed by atoms with Gasteiger partial charge in [-0.15, -0.1) is 0 Å². The Labute approximate surface area is 148 Å². The number of hydrogen-bond acceptors (Lipinski definition) is 2. The molecule has 3 nitrogen and oxygen atoms in total. The highest BCUT2D eigenvalue weighted by Gasteiger charge is 2.15. The highest BCUT2D eigenvalue weighted by molar-refractivity contribution is 6.30. The molecule has 0 aliphatic heterocycles. The van der Waals surface area contributed by atoms with E-state index in [1.807, 2.05) is 54.6 Å². The van der Waals surface area contributed by atoms with Crippen molar-refractivity contribution in [1.29, 1.82) is 0 Å². The summed E-state index contributed by atoms with van der Waals surface area (Å²) in [5.41, 5.74) is 2.38. The number of carbonyl (C=O) groups is 1. The van der Waals surface area contributed by atoms with Crippen molar-refractivity contribution in [2.24, 2.45) is 0 Å². The van der Waals surface area contributed by atoms with Crippen LogP contribution in [0.4, 0.5) is 0 Å². The molecule has 1 atom stereocenters. The first kappa shape index (κ1) is 18.5. The SMILES string of the molecule is O=C(O)C(CCCCCc1ccc(Cl)cc1)NCc1ccccc1. The van der Waals surface area contributed by atoms with Crippen LogP contribution in [-0.2, 0) is 17.8 Å². The first-order valence-corrected chi connectivity index (χ1v) is 8.77. The quantitative estimate of drug-likeness (QED) is 0.614. The highest BCUT2D eigenvalue weighted by atomic mass is 35.5. The van der Waals surface area contributed by atoms with Crippen LogP contribution in [0.2, 0.25) is 5.02 Å². The normalized spacial score (nSPS) is 12.0. The van der Waals surface area contributed by atoms with E-state index in [9.17, 15) is 9.90 Å². The number of nitrogens with one attached hydrogen (secondary N) is 1. The average molecular weight is 346 g/mol. The van der Waals surface area contributed by atoms with Crippen LogP contribution in [0.1, 0.15) is 36.8 Å². The summed E-state index contributed by atoms with van der Waals surface area (Å²) in [7, 11) is 0. The van der Waals surface area contributed by atoms with Crippen LogP contribution in [-0.4, -0.2) is 17.1 Å². The molecule has 0 aromatic heterocycles. The van der Waals surface area contributed by atoms with E-state index in [-0.39, 0.29) is 0 Å². The molecule has 2 aromatic rings. The lowest BCUT2D eigenvalue weighted by Gasteiger charge is -2.14. The fraction of sp³-hybridized carbons (Fsp3) is 0.350. The Kier molecular flexibility index (Phi) is 7.80. The summed E-state index contributed by atoms with van der Waals surface area (Å²) in [4.78, 5) is 11.4. The Hall–Kier alpha value is -1.84. The fourth-order valence-electron chi connectivity index (χ4n) is 2.66. The predicted molar refractivity (Wildman–Crippen MR) is 98.3 cm³/mol. The van der Waals surface area contributed by atoms with Gasteiger partial charge in [0.15, 0.2) is 0 Å². The molecular weight excluding hydrogens is 322 g/mol. The minimum absolute atomic E-state index is 0.485. The second-order valence-corrected chi connectivity index (χ2v) is 6.42. The number of hydrogen-bond donors (Lipinski definition) is 2. The van der Waals surface area contributed by atoms with Crippen LogP contribution in [0.25, 0.3) is 0 Å². The van der Waals surface area contributed by atoms with E-state index >= 15 is 0 Å². The standard InChI is InChI=1S/C20H24ClNO2/c21-18-13-11-16(12-14-18)7-3-2-6-10-19(20(23)24)22-15-17-8-4-1-5-9-17/h1,4-5,8-9,11-14,19,22H,2-3,6-7,10,15H2,(H,23,24). The number of unbranched alkanes of at least 4 members (excludes halogenated alkanes) is 2. The third-order valence-corrected chi connectivity index (χ3v) is 4.32. The number of aliphatic carboxylic acids is 1. The van der Waals surface area contributed by atoms with Gasteiger partial charge in [0.25, 0.3) is 0 Å². The molecule has 2 N–H and O–H groups in total. The third-order valence-electron chi connectivity index (χ3n) is 4.07. The van der Waals surface area contributed by atoms with Gasteiger partial charge in [0, 0.05) is 11.6 Å². The number of carboxylic acid groups (broad SMARTS) is 1. The number of carboxylic acids is 1. The molecule has 0 amide bonds. The van der Waals surface area contributed by atoms with Gasteiger partial charge in [0.2, 0.25) is 0 Å². The summed E-state index contributed by atoms with van der Waals surface area (Å²) in [6.45, 7) is 0.586. The van der Waals surface area contributed by atoms with Crippen molar-refractivity contribution in [3.63, 3.8) is 0 Å². The summed E-state index contributed by atoms with van der Waals surface area (Å²) in [5.74, 6) is -0.774. The molecule has 4 heteroatoms. The van der Waals surface area contributed by atoms with Crippen LogP contribution in [0, 0.1) is 0 Å². The minimum atomic E-state index is -0.774. The monoisotopic (exact) mass is 345 g/mol. The van der Waals surface area contributed by atoms with E-state index in [4.69, 9.17) is 11.6 Å². The zero-order valence-corrected chi connectivity index (χ0v) is 14.5. The topological polar surface area (TPSA) is 49.3 Å². The second kappa shape index (κ2) is 10.1. The summed E-state index contributed by atoms with van der Waals surface area (Å²) < 4.78 is 0. The van der Waals surface area contributed by atoms with E-state index in [0.29, 0.717) is 13.0 Å². The van der Waals surface area contributed by atoms with Crippen molar-refractivity contribution in [1.82, 2.24) is 5.32 Å². The zero-order valence-electron chi connectivity index (χ0n) is 13.7. The maximum atomic E-state index is 11.4. The van der Waals surface area contributed by atoms with Gasteiger partial charge in [0.1, 0.15) is 6.04 Å². The van der Waals surface area contributed by atoms with E-state index in [1.165, 1.54) is 5.56 Å². The molecular formula is C20H24ClNO2. The number of benzene rings is 2. The molecule has 128 valence electrons. The molecule has 0 saturated heterocycles. The lowest BCUT2D eigenvalue weighted by Crippen LogP contribution is -2.36. The van der Waals surface area contributed by atoms with Crippen molar-refractivity contribution in [3.05, 3.63) is 70.7 Å². The molecule has 0 aliphatic carbocycles. The van der Waals surface area contributed by atoms with Crippen molar-refractivity contribution >= 4 is 17.6 Å². The Balaban J connectivity index is 1.66. The predicted octanol–water partition coefficient (Wildman–Crippen LogP) is 4.69. The fourth-order valence-corrected chi connectivity index (χ4v) is 2.78. The van der Waals surface area contributed by atoms with Crippen molar-refractivity contribution in [3.8, 4) is 0 Å². The molecule has 0 bridgehead atoms. The molecule has 0 fully saturated rings. The van der Waals surface area contributed by atoms with Crippen LogP contribution in [0.5, 0.6) is 0 Å². The lowest BCUT2D eigenvalue weighted by molar-refractivity contribution is -0.139. The van der Waals surface area contributed by atoms with Gasteiger partial charge >= 0.3 is 5.97 Å². The zero-order chi connectivity index (χ0) is 17.2. The molecule has 24 heavy (non-hydrogen) atoms. The highest BCUT2D eigenvalue weighted by Crippen LogP contribution is 2.13. The second-order valence-electron chi connectivity index (χ2n) is 5.98. The first-order valence-electron chi connectivity index (χ1n) is 8.40. The molecule has 2 aromatic carbocycles. The average Bonchev–Trinajstić information content (AvgIpc) is 2.59. The molecule has 2 rings (SSSR count). The summed E-state index contributed by atoms with van der Waals surface area (Å²) >= 11 is 5.87. The largest absolute Gasteiger partial charge is 0.480 e. The Morgan fingerprint density at radius 1 is 0.958 bits per heavy atom. The first-order chi connectivity index (χ1) is 11.6. The van der Waals surface area contributed by atoms with Crippen LogP contribution in [0.3, 0.4) is 0 Å². The third kappa shape index (κ3) is 6.73. The van der Waals surface area contributed by atoms with Crippen molar-refractivity contribution in [2.45, 2.75) is 44.7 Å². The number of rotatable bonds is 10. The van der Waals surface area contributed by atoms with Crippen LogP contribution >= 0.6 is 11.6 Å². The molecule has 0 radical (unpaired) electrons. The van der Waals surface area contributed by atoms with Gasteiger partial charge in [-0.3, -0.25) is 4.79 Å². The Morgan fingerprint density at radius 3 is 2.33 bits per heavy atom. The van der Waals surface area contributed by atoms with E-state index in [1.54, 1.807) is 0 Å². The van der Waals surface area contributed by atoms with Gasteiger partial charge in [-0.2, -0.15) is 0 Å². The van der Waals surface area contributed by atoms with Gasteiger partial charge in [-0.05, 0) is 42.5 Å². The van der Waals surface area contributed by atoms with Gasteiger partial charge < -0.3 is 10.4 Å². The molecule has 0 heterocycles. The Morgan fingerprint density at radius 2 is 1.67 bits per heavy atom. The van der Waals surface area contributed by atoms with Crippen LogP contribution < -0.4 is 5.32 Å². The summed E-state index contributed by atoms with van der Waals surface area (Å²) in [5, 5.41) is 13.2. The van der Waals surface area contributed by atoms with E-state index in [2.05, 4.69) is 5.32 Å². The molecule has 1 unspecified atom stereocenters. The summed E-state index contributed by atoms with van der Waals surface area (Å²) in [6, 6.07) is 17.3. The molecule has 0 saturated carbocycles. The van der Waals surface area contributed by atoms with E-state index < -0.39 is 12.0 Å². The van der Waals surface area contributed by atoms with Gasteiger partial charge in [-0.25, -0.2) is 0 Å².